The third-order valence-corrected chi connectivity index (χ3v) is 0. The summed E-state index contributed by atoms with van der Waals surface area (Å²) >= 11 is -11.3. The number of hydrogen-bond acceptors (Lipinski definition) is 0. The summed E-state index contributed by atoms with van der Waals surface area (Å²) in [5.41, 5.74) is 0. The summed E-state index contributed by atoms with van der Waals surface area (Å²) in [6, 6.07) is 0. The molecule has 0 aliphatic rings. The predicted octanol–water partition coefficient (Wildman–Crippen LogP) is 1.07. The summed E-state index contributed by atoms with van der Waals surface area (Å²) in [4.78, 5) is 0. The monoisotopic (exact) mass is 330 g/mol. The first kappa shape index (κ1) is 11.3. The molecule has 0 saturated heterocycles. The van der Waals surface area contributed by atoms with E-state index in [1.807, 2.05) is 0 Å². The van der Waals surface area contributed by atoms with Gasteiger partial charge in [-0.3, -0.25) is 0 Å². The Kier molecular flexibility index (Phi) is 1.86. The van der Waals surface area contributed by atoms with Crippen molar-refractivity contribution in [1.82, 2.24) is 0 Å². The fourth-order valence-corrected chi connectivity index (χ4v) is 0. The van der Waals surface area contributed by atoms with E-state index in [9.17, 15) is 18.9 Å². The second-order valence-corrected chi connectivity index (χ2v) is 7.16. The maximum absolute atomic E-state index is 11.3. The van der Waals surface area contributed by atoms with E-state index in [1.54, 1.807) is 0 Å². The molecule has 0 aliphatic carbocycles. The van der Waals surface area contributed by atoms with Gasteiger partial charge in [0.05, 0.1) is 0 Å². The molecule has 0 aromatic heterocycles. The van der Waals surface area contributed by atoms with Crippen LogP contribution in [0, 0.1) is 0 Å². The van der Waals surface area contributed by atoms with Gasteiger partial charge in [0, 0.05) is 0 Å². The summed E-state index contributed by atoms with van der Waals surface area (Å²) in [5.74, 6) is 0. The molecule has 0 aromatic rings. The minimum absolute atomic E-state index is 0. The van der Waals surface area contributed by atoms with E-state index in [-0.39, 0.29) is 11.0 Å². The second kappa shape index (κ2) is 1.31. The molecule has 0 bridgehead atoms. The van der Waals surface area contributed by atoms with Gasteiger partial charge in [0.15, 0.2) is 0 Å². The van der Waals surface area contributed by atoms with Crippen LogP contribution in [-0.4, -0.2) is 11.0 Å². The van der Waals surface area contributed by atoms with Gasteiger partial charge in [-0.25, -0.2) is 0 Å². The molecule has 0 heterocycles. The fraction of sp³-hybridized carbons (Fsp3) is 0. The van der Waals surface area contributed by atoms with Gasteiger partial charge in [-0.2, -0.15) is 0 Å². The quantitative estimate of drug-likeness (QED) is 0.461. The summed E-state index contributed by atoms with van der Waals surface area (Å²) < 4.78 is 59.6. The van der Waals surface area contributed by atoms with Gasteiger partial charge < -0.3 is 0 Å². The van der Waals surface area contributed by atoms with E-state index in [4.69, 9.17) is 0 Å². The molecule has 0 rings (SSSR count). The first-order chi connectivity index (χ1) is 2.45. The maximum Gasteiger partial charge on any atom is -0.0149 e. The molecule has 0 fully saturated rings. The largest absolute Gasteiger partial charge is 0.0149 e. The molecule has 0 saturated carbocycles. The van der Waals surface area contributed by atoms with Crippen molar-refractivity contribution in [2.24, 2.45) is 0 Å². The molecule has 8 heavy (non-hydrogen) atoms. The number of hydrogen-bond donors (Lipinski definition) is 0. The molecular formula is H4F6SiW. The Labute approximate surface area is 47.3 Å². The fourth-order valence-electron chi connectivity index (χ4n) is 0. The van der Waals surface area contributed by atoms with Crippen LogP contribution < -0.4 is 0 Å². The number of rotatable bonds is 0. The molecule has 0 unspecified atom stereocenters. The minimum atomic E-state index is -11.3. The van der Waals surface area contributed by atoms with Crippen molar-refractivity contribution in [1.29, 1.82) is 0 Å². The van der Waals surface area contributed by atoms with Crippen LogP contribution in [0.15, 0.2) is 0 Å². The van der Waals surface area contributed by atoms with E-state index in [0.717, 1.165) is 0 Å². The SMILES string of the molecule is [F][W]([F])([F])([F])([F])[F].[SiH4]. The van der Waals surface area contributed by atoms with Crippen molar-refractivity contribution in [2.45, 2.75) is 0 Å². The van der Waals surface area contributed by atoms with E-state index >= 15 is 0 Å². The third kappa shape index (κ3) is 829. The van der Waals surface area contributed by atoms with Crippen molar-refractivity contribution in [2.75, 3.05) is 0 Å². The normalized spacial score (nSPS) is 20.2. The molecule has 0 nitrogen and oxygen atoms in total. The zero-order valence-corrected chi connectivity index (χ0v) is 5.61. The van der Waals surface area contributed by atoms with Crippen LogP contribution in [0.3, 0.4) is 0 Å². The van der Waals surface area contributed by atoms with Crippen molar-refractivity contribution in [3.63, 3.8) is 0 Å². The Hall–Kier alpha value is 0.485. The molecular weight excluding hydrogens is 326 g/mol. The molecule has 0 spiro atoms. The molecule has 0 amide bonds. The molecule has 0 aromatic carbocycles. The minimum Gasteiger partial charge on any atom is -0.0149 e. The van der Waals surface area contributed by atoms with E-state index < -0.39 is 16.7 Å². The summed E-state index contributed by atoms with van der Waals surface area (Å²) in [7, 11) is 0. The Bertz CT molecular complexity index is 67.1. The van der Waals surface area contributed by atoms with Crippen LogP contribution in [0.25, 0.3) is 0 Å². The van der Waals surface area contributed by atoms with Crippen molar-refractivity contribution >= 4 is 11.0 Å². The van der Waals surface area contributed by atoms with Crippen LogP contribution in [0.1, 0.15) is 0 Å². The first-order valence-electron chi connectivity index (χ1n) is 0.926. The summed E-state index contributed by atoms with van der Waals surface area (Å²) in [6.45, 7) is 0. The predicted molar refractivity (Wildman–Crippen MR) is 18.0 cm³/mol. The zero-order chi connectivity index (χ0) is 6.41. The van der Waals surface area contributed by atoms with Crippen LogP contribution in [-0.2, 0) is 16.7 Å². The molecule has 0 atom stereocenters. The van der Waals surface area contributed by atoms with Gasteiger partial charge in [-0.15, -0.1) is 0 Å². The second-order valence-electron chi connectivity index (χ2n) is 0.875. The van der Waals surface area contributed by atoms with Crippen LogP contribution in [0.5, 0.6) is 0 Å². The Morgan fingerprint density at radius 2 is 0.625 bits per heavy atom. The smallest absolute Gasteiger partial charge is 0.0149 e. The Balaban J connectivity index is 0. The Morgan fingerprint density at radius 1 is 0.625 bits per heavy atom. The average Bonchev–Trinajstić information content (AvgIpc) is 0.592. The van der Waals surface area contributed by atoms with Crippen LogP contribution >= 0.6 is 0 Å². The topological polar surface area (TPSA) is 0 Å². The van der Waals surface area contributed by atoms with Crippen LogP contribution in [0.2, 0.25) is 0 Å². The number of halogens is 6. The molecule has 8 heteroatoms. The van der Waals surface area contributed by atoms with Gasteiger partial charge >= 0.3 is 35.7 Å². The molecule has 0 radical (unpaired) electrons. The molecule has 56 valence electrons. The summed E-state index contributed by atoms with van der Waals surface area (Å²) in [6.07, 6.45) is 0. The standard InChI is InChI=1S/6FH.H4Si.W/h6*1H;1H4;/q;;;;;;;+6/p-6. The molecule has 0 N–H and O–H groups in total. The summed E-state index contributed by atoms with van der Waals surface area (Å²) in [5, 5.41) is 0. The average molecular weight is 330 g/mol. The zero-order valence-electron chi connectivity index (χ0n) is 2.68. The molecule has 0 aliphatic heterocycles. The van der Waals surface area contributed by atoms with Gasteiger partial charge in [0.2, 0.25) is 0 Å². The van der Waals surface area contributed by atoms with Crippen molar-refractivity contribution in [3.8, 4) is 0 Å². The third-order valence-electron chi connectivity index (χ3n) is 0. The van der Waals surface area contributed by atoms with Gasteiger partial charge in [-0.05, 0) is 11.0 Å². The van der Waals surface area contributed by atoms with Crippen LogP contribution in [0.4, 0.5) is 18.9 Å². The van der Waals surface area contributed by atoms with Crippen molar-refractivity contribution in [3.05, 3.63) is 0 Å². The Morgan fingerprint density at radius 3 is 0.625 bits per heavy atom. The van der Waals surface area contributed by atoms with E-state index in [0.29, 0.717) is 0 Å². The maximum atomic E-state index is 9.93. The van der Waals surface area contributed by atoms with Gasteiger partial charge in [0.1, 0.15) is 0 Å². The van der Waals surface area contributed by atoms with Crippen molar-refractivity contribution < 1.29 is 35.7 Å². The van der Waals surface area contributed by atoms with E-state index in [1.165, 1.54) is 0 Å². The van der Waals surface area contributed by atoms with E-state index in [2.05, 4.69) is 0 Å². The van der Waals surface area contributed by atoms with Gasteiger partial charge in [-0.1, -0.05) is 0 Å². The van der Waals surface area contributed by atoms with Gasteiger partial charge in [0.25, 0.3) is 0 Å². The first-order valence-corrected chi connectivity index (χ1v) is 7.58.